The predicted molar refractivity (Wildman–Crippen MR) is 106 cm³/mol. The molecular formula is C21H22ClN3O. The summed E-state index contributed by atoms with van der Waals surface area (Å²) in [6.07, 6.45) is 5.43. The molecule has 1 aromatic heterocycles. The summed E-state index contributed by atoms with van der Waals surface area (Å²) < 4.78 is 8.01. The third-order valence-corrected chi connectivity index (χ3v) is 4.87. The van der Waals surface area contributed by atoms with E-state index in [4.69, 9.17) is 21.4 Å². The maximum Gasteiger partial charge on any atom is 0.240 e. The van der Waals surface area contributed by atoms with Crippen LogP contribution >= 0.6 is 11.6 Å². The zero-order valence-electron chi connectivity index (χ0n) is 14.6. The van der Waals surface area contributed by atoms with Crippen LogP contribution in [0, 0.1) is 0 Å². The molecule has 2 heterocycles. The molecule has 1 aliphatic rings. The van der Waals surface area contributed by atoms with Gasteiger partial charge in [0.2, 0.25) is 5.88 Å². The molecule has 1 aliphatic heterocycles. The first-order valence-corrected chi connectivity index (χ1v) is 9.37. The van der Waals surface area contributed by atoms with E-state index in [2.05, 4.69) is 29.2 Å². The van der Waals surface area contributed by atoms with Crippen LogP contribution in [-0.4, -0.2) is 40.9 Å². The maximum atomic E-state index is 6.02. The van der Waals surface area contributed by atoms with E-state index in [-0.39, 0.29) is 0 Å². The number of halogens is 1. The smallest absolute Gasteiger partial charge is 0.240 e. The van der Waals surface area contributed by atoms with Crippen molar-refractivity contribution < 1.29 is 4.74 Å². The second kappa shape index (κ2) is 7.94. The van der Waals surface area contributed by atoms with Gasteiger partial charge in [0.15, 0.2) is 0 Å². The molecule has 0 spiro atoms. The third kappa shape index (κ3) is 3.92. The van der Waals surface area contributed by atoms with Crippen molar-refractivity contribution in [3.05, 3.63) is 71.3 Å². The van der Waals surface area contributed by atoms with Gasteiger partial charge in [-0.2, -0.15) is 0 Å². The summed E-state index contributed by atoms with van der Waals surface area (Å²) in [6, 6.07) is 16.1. The molecule has 2 aromatic carbocycles. The van der Waals surface area contributed by atoms with Crippen molar-refractivity contribution in [3.8, 4) is 5.88 Å². The van der Waals surface area contributed by atoms with E-state index in [1.54, 1.807) is 0 Å². The lowest BCUT2D eigenvalue weighted by Gasteiger charge is -2.14. The zero-order chi connectivity index (χ0) is 17.8. The van der Waals surface area contributed by atoms with Crippen LogP contribution in [0.15, 0.2) is 60.7 Å². The Morgan fingerprint density at radius 2 is 1.77 bits per heavy atom. The lowest BCUT2D eigenvalue weighted by molar-refractivity contribution is 0.261. The minimum Gasteiger partial charge on any atom is -0.476 e. The molecule has 0 radical (unpaired) electrons. The Labute approximate surface area is 158 Å². The van der Waals surface area contributed by atoms with Gasteiger partial charge in [0.1, 0.15) is 0 Å². The monoisotopic (exact) mass is 367 g/mol. The summed E-state index contributed by atoms with van der Waals surface area (Å²) in [6.45, 7) is 4.53. The number of aromatic nitrogens is 2. The van der Waals surface area contributed by atoms with E-state index in [1.165, 1.54) is 0 Å². The standard InChI is InChI=1S/C21H22ClN3O/c22-18-10-8-17(9-11-18)16-25-20-7-2-1-6-19(20)21(23-25)26-15-5-14-24-12-3-4-13-24/h1-4,6-11H,5,12-16H2. The molecule has 4 rings (SSSR count). The predicted octanol–water partition coefficient (Wildman–Crippen LogP) is 4.38. The summed E-state index contributed by atoms with van der Waals surface area (Å²) in [5.74, 6) is 0.717. The molecule has 0 N–H and O–H groups in total. The highest BCUT2D eigenvalue weighted by atomic mass is 35.5. The maximum absolute atomic E-state index is 6.02. The first-order chi connectivity index (χ1) is 12.8. The Balaban J connectivity index is 1.45. The Morgan fingerprint density at radius 1 is 1.00 bits per heavy atom. The lowest BCUT2D eigenvalue weighted by atomic mass is 10.2. The molecule has 134 valence electrons. The molecule has 0 fully saturated rings. The van der Waals surface area contributed by atoms with Gasteiger partial charge in [-0.25, -0.2) is 0 Å². The molecule has 0 saturated heterocycles. The highest BCUT2D eigenvalue weighted by molar-refractivity contribution is 6.30. The largest absolute Gasteiger partial charge is 0.476 e. The normalized spacial score (nSPS) is 14.3. The summed E-state index contributed by atoms with van der Waals surface area (Å²) in [5, 5.41) is 6.52. The molecule has 0 unspecified atom stereocenters. The van der Waals surface area contributed by atoms with Crippen molar-refractivity contribution in [2.75, 3.05) is 26.2 Å². The van der Waals surface area contributed by atoms with Crippen molar-refractivity contribution in [1.29, 1.82) is 0 Å². The van der Waals surface area contributed by atoms with Gasteiger partial charge in [-0.1, -0.05) is 48.0 Å². The minimum atomic E-state index is 0.679. The molecule has 4 nitrogen and oxygen atoms in total. The number of benzene rings is 2. The van der Waals surface area contributed by atoms with Crippen molar-refractivity contribution in [3.63, 3.8) is 0 Å². The summed E-state index contributed by atoms with van der Waals surface area (Å²) >= 11 is 5.98. The van der Waals surface area contributed by atoms with Crippen LogP contribution in [0.2, 0.25) is 5.02 Å². The van der Waals surface area contributed by atoms with Crippen molar-refractivity contribution >= 4 is 22.5 Å². The van der Waals surface area contributed by atoms with Gasteiger partial charge in [-0.3, -0.25) is 9.58 Å². The van der Waals surface area contributed by atoms with Crippen molar-refractivity contribution in [2.24, 2.45) is 0 Å². The zero-order valence-corrected chi connectivity index (χ0v) is 15.4. The average molecular weight is 368 g/mol. The Morgan fingerprint density at radius 3 is 2.58 bits per heavy atom. The molecule has 3 aromatic rings. The van der Waals surface area contributed by atoms with Gasteiger partial charge < -0.3 is 4.74 Å². The van der Waals surface area contributed by atoms with E-state index in [1.807, 2.05) is 41.1 Å². The number of para-hydroxylation sites is 1. The van der Waals surface area contributed by atoms with Crippen LogP contribution in [0.25, 0.3) is 10.9 Å². The lowest BCUT2D eigenvalue weighted by Crippen LogP contribution is -2.22. The minimum absolute atomic E-state index is 0.679. The van der Waals surface area contributed by atoms with E-state index in [9.17, 15) is 0 Å². The number of fused-ring (bicyclic) bond motifs is 1. The third-order valence-electron chi connectivity index (χ3n) is 4.62. The number of ether oxygens (including phenoxy) is 1. The highest BCUT2D eigenvalue weighted by Gasteiger charge is 2.12. The van der Waals surface area contributed by atoms with E-state index < -0.39 is 0 Å². The fourth-order valence-electron chi connectivity index (χ4n) is 3.25. The second-order valence-electron chi connectivity index (χ2n) is 6.54. The average Bonchev–Trinajstić information content (AvgIpc) is 3.30. The molecule has 0 atom stereocenters. The van der Waals surface area contributed by atoms with Gasteiger partial charge in [0.25, 0.3) is 0 Å². The molecule has 0 amide bonds. The first-order valence-electron chi connectivity index (χ1n) is 9.00. The van der Waals surface area contributed by atoms with Crippen LogP contribution in [0.1, 0.15) is 12.0 Å². The molecule has 5 heteroatoms. The molecule has 0 bridgehead atoms. The van der Waals surface area contributed by atoms with E-state index in [0.717, 1.165) is 47.5 Å². The van der Waals surface area contributed by atoms with Gasteiger partial charge in [0, 0.05) is 24.7 Å². The van der Waals surface area contributed by atoms with Gasteiger partial charge >= 0.3 is 0 Å². The summed E-state index contributed by atoms with van der Waals surface area (Å²) in [7, 11) is 0. The van der Waals surface area contributed by atoms with Crippen LogP contribution in [0.3, 0.4) is 0 Å². The van der Waals surface area contributed by atoms with E-state index >= 15 is 0 Å². The summed E-state index contributed by atoms with van der Waals surface area (Å²) in [5.41, 5.74) is 2.25. The molecule has 0 saturated carbocycles. The topological polar surface area (TPSA) is 30.3 Å². The SMILES string of the molecule is Clc1ccc(Cn2nc(OCCCN3CC=CC3)c3ccccc32)cc1. The van der Waals surface area contributed by atoms with Gasteiger partial charge in [0.05, 0.1) is 24.1 Å². The van der Waals surface area contributed by atoms with E-state index in [0.29, 0.717) is 19.0 Å². The first kappa shape index (κ1) is 17.1. The number of rotatable bonds is 7. The highest BCUT2D eigenvalue weighted by Crippen LogP contribution is 2.25. The van der Waals surface area contributed by atoms with Crippen LogP contribution in [0.4, 0.5) is 0 Å². The Bertz CT molecular complexity index is 893. The second-order valence-corrected chi connectivity index (χ2v) is 6.98. The molecule has 26 heavy (non-hydrogen) atoms. The van der Waals surface area contributed by atoms with Crippen molar-refractivity contribution in [1.82, 2.24) is 14.7 Å². The quantitative estimate of drug-likeness (QED) is 0.458. The van der Waals surface area contributed by atoms with Gasteiger partial charge in [-0.15, -0.1) is 5.10 Å². The number of nitrogens with zero attached hydrogens (tertiary/aromatic N) is 3. The van der Waals surface area contributed by atoms with Crippen LogP contribution in [0.5, 0.6) is 5.88 Å². The number of hydrogen-bond donors (Lipinski definition) is 0. The van der Waals surface area contributed by atoms with Crippen LogP contribution in [-0.2, 0) is 6.54 Å². The Kier molecular flexibility index (Phi) is 5.23. The Hall–Kier alpha value is -2.30. The molecule has 0 aliphatic carbocycles. The fourth-order valence-corrected chi connectivity index (χ4v) is 3.37. The molecular weight excluding hydrogens is 346 g/mol. The summed E-state index contributed by atoms with van der Waals surface area (Å²) in [4.78, 5) is 2.40. The fraction of sp³-hybridized carbons (Fsp3) is 0.286. The van der Waals surface area contributed by atoms with Crippen molar-refractivity contribution in [2.45, 2.75) is 13.0 Å². The van der Waals surface area contributed by atoms with Gasteiger partial charge in [-0.05, 0) is 36.2 Å². The number of hydrogen-bond acceptors (Lipinski definition) is 3. The van der Waals surface area contributed by atoms with Crippen LogP contribution < -0.4 is 4.74 Å².